The highest BCUT2D eigenvalue weighted by molar-refractivity contribution is 5.87. The van der Waals surface area contributed by atoms with Crippen LogP contribution < -0.4 is 4.74 Å². The molecule has 6 nitrogen and oxygen atoms in total. The standard InChI is InChI=1S/C26H30N2O4/c1-26(2,3)32-25(29)12-13-28-14-15-30-24(18-28)19-8-10-21(11-9-19)31-23-17-27-16-20-6-4-5-7-22(20)23/h4-11,16-17,24H,12-15,18H2,1-3H3. The molecule has 6 heteroatoms. The van der Waals surface area contributed by atoms with Crippen LogP contribution in [0.15, 0.2) is 60.9 Å². The zero-order valence-corrected chi connectivity index (χ0v) is 18.9. The number of fused-ring (bicyclic) bond motifs is 1. The smallest absolute Gasteiger partial charge is 0.307 e. The van der Waals surface area contributed by atoms with Gasteiger partial charge in [0, 0.05) is 36.6 Å². The van der Waals surface area contributed by atoms with Crippen molar-refractivity contribution < 1.29 is 19.0 Å². The molecule has 4 rings (SSSR count). The van der Waals surface area contributed by atoms with Crippen molar-refractivity contribution in [1.29, 1.82) is 0 Å². The minimum Gasteiger partial charge on any atom is -0.460 e. The number of carbonyl (C=O) groups is 1. The van der Waals surface area contributed by atoms with E-state index in [1.54, 1.807) is 6.20 Å². The van der Waals surface area contributed by atoms with E-state index in [-0.39, 0.29) is 12.1 Å². The van der Waals surface area contributed by atoms with Gasteiger partial charge in [-0.3, -0.25) is 14.7 Å². The highest BCUT2D eigenvalue weighted by Gasteiger charge is 2.23. The van der Waals surface area contributed by atoms with Gasteiger partial charge in [-0.15, -0.1) is 0 Å². The third-order valence-corrected chi connectivity index (χ3v) is 5.31. The van der Waals surface area contributed by atoms with Crippen molar-refractivity contribution in [3.63, 3.8) is 0 Å². The van der Waals surface area contributed by atoms with Gasteiger partial charge in [0.1, 0.15) is 11.4 Å². The Bertz CT molecular complexity index is 1050. The quantitative estimate of drug-likeness (QED) is 0.501. The summed E-state index contributed by atoms with van der Waals surface area (Å²) in [5.74, 6) is 1.33. The summed E-state index contributed by atoms with van der Waals surface area (Å²) in [6.07, 6.45) is 3.93. The van der Waals surface area contributed by atoms with Crippen LogP contribution in [0.3, 0.4) is 0 Å². The first kappa shape index (κ1) is 22.2. The summed E-state index contributed by atoms with van der Waals surface area (Å²) in [5, 5.41) is 2.08. The Kier molecular flexibility index (Phi) is 6.72. The van der Waals surface area contributed by atoms with Crippen LogP contribution >= 0.6 is 0 Å². The fraction of sp³-hybridized carbons (Fsp3) is 0.385. The van der Waals surface area contributed by atoms with Gasteiger partial charge in [0.05, 0.1) is 25.3 Å². The van der Waals surface area contributed by atoms with Crippen molar-refractivity contribution in [2.24, 2.45) is 0 Å². The van der Waals surface area contributed by atoms with Crippen molar-refractivity contribution in [2.45, 2.75) is 38.9 Å². The van der Waals surface area contributed by atoms with Gasteiger partial charge in [-0.2, -0.15) is 0 Å². The van der Waals surface area contributed by atoms with Crippen molar-refractivity contribution in [3.8, 4) is 11.5 Å². The number of benzene rings is 2. The van der Waals surface area contributed by atoms with E-state index >= 15 is 0 Å². The predicted molar refractivity (Wildman–Crippen MR) is 124 cm³/mol. The van der Waals surface area contributed by atoms with Gasteiger partial charge in [0.25, 0.3) is 0 Å². The molecule has 3 aromatic rings. The van der Waals surface area contributed by atoms with Crippen LogP contribution in [0.5, 0.6) is 11.5 Å². The second-order valence-corrected chi connectivity index (χ2v) is 9.03. The summed E-state index contributed by atoms with van der Waals surface area (Å²) >= 11 is 0. The number of morpholine rings is 1. The summed E-state index contributed by atoms with van der Waals surface area (Å²) in [7, 11) is 0. The molecule has 2 aromatic carbocycles. The van der Waals surface area contributed by atoms with Crippen molar-refractivity contribution in [1.82, 2.24) is 9.88 Å². The second kappa shape index (κ2) is 9.67. The molecule has 0 aliphatic carbocycles. The summed E-state index contributed by atoms with van der Waals surface area (Å²) < 4.78 is 17.5. The lowest BCUT2D eigenvalue weighted by atomic mass is 10.1. The monoisotopic (exact) mass is 434 g/mol. The zero-order valence-electron chi connectivity index (χ0n) is 18.9. The normalized spacial score (nSPS) is 17.3. The number of aromatic nitrogens is 1. The fourth-order valence-electron chi connectivity index (χ4n) is 3.80. The maximum Gasteiger partial charge on any atom is 0.307 e. The number of ether oxygens (including phenoxy) is 3. The van der Waals surface area contributed by atoms with Crippen molar-refractivity contribution in [3.05, 3.63) is 66.5 Å². The molecule has 1 fully saturated rings. The van der Waals surface area contributed by atoms with Crippen molar-refractivity contribution >= 4 is 16.7 Å². The number of esters is 1. The predicted octanol–water partition coefficient (Wildman–Crippen LogP) is 5.13. The van der Waals surface area contributed by atoms with Crippen LogP contribution in [0.25, 0.3) is 10.8 Å². The first-order valence-corrected chi connectivity index (χ1v) is 11.0. The SMILES string of the molecule is CC(C)(C)OC(=O)CCN1CCOC(c2ccc(Oc3cncc4ccccc34)cc2)C1. The van der Waals surface area contributed by atoms with Crippen LogP contribution in [0.2, 0.25) is 0 Å². The average molecular weight is 435 g/mol. The molecule has 0 spiro atoms. The van der Waals surface area contributed by atoms with E-state index in [0.29, 0.717) is 19.6 Å². The number of carbonyl (C=O) groups excluding carboxylic acids is 1. The van der Waals surface area contributed by atoms with Crippen LogP contribution in [0.4, 0.5) is 0 Å². The largest absolute Gasteiger partial charge is 0.460 e. The first-order chi connectivity index (χ1) is 15.4. The van der Waals surface area contributed by atoms with E-state index in [1.807, 2.05) is 75.5 Å². The number of nitrogens with zero attached hydrogens (tertiary/aromatic N) is 2. The van der Waals surface area contributed by atoms with E-state index in [9.17, 15) is 4.79 Å². The molecule has 1 unspecified atom stereocenters. The van der Waals surface area contributed by atoms with Crippen LogP contribution in [0, 0.1) is 0 Å². The molecule has 0 radical (unpaired) electrons. The fourth-order valence-corrected chi connectivity index (χ4v) is 3.80. The molecule has 2 heterocycles. The van der Waals surface area contributed by atoms with Gasteiger partial charge in [-0.05, 0) is 38.5 Å². The topological polar surface area (TPSA) is 60.9 Å². The highest BCUT2D eigenvalue weighted by Crippen LogP contribution is 2.30. The van der Waals surface area contributed by atoms with Gasteiger partial charge in [-0.1, -0.05) is 36.4 Å². The maximum atomic E-state index is 12.0. The molecule has 0 bridgehead atoms. The number of hydrogen-bond acceptors (Lipinski definition) is 6. The molecule has 0 N–H and O–H groups in total. The van der Waals surface area contributed by atoms with Crippen LogP contribution in [0.1, 0.15) is 38.9 Å². The summed E-state index contributed by atoms with van der Waals surface area (Å²) in [6.45, 7) is 8.53. The van der Waals surface area contributed by atoms with E-state index < -0.39 is 5.60 Å². The van der Waals surface area contributed by atoms with Crippen molar-refractivity contribution in [2.75, 3.05) is 26.2 Å². The Morgan fingerprint density at radius 1 is 1.12 bits per heavy atom. The van der Waals surface area contributed by atoms with E-state index in [4.69, 9.17) is 14.2 Å². The maximum absolute atomic E-state index is 12.0. The lowest BCUT2D eigenvalue weighted by molar-refractivity contribution is -0.155. The zero-order chi connectivity index (χ0) is 22.6. The summed E-state index contributed by atoms with van der Waals surface area (Å²) in [6, 6.07) is 16.0. The molecule has 1 saturated heterocycles. The van der Waals surface area contributed by atoms with E-state index in [2.05, 4.69) is 9.88 Å². The lowest BCUT2D eigenvalue weighted by Crippen LogP contribution is -2.39. The second-order valence-electron chi connectivity index (χ2n) is 9.03. The molecule has 0 saturated carbocycles. The van der Waals surface area contributed by atoms with Crippen LogP contribution in [-0.2, 0) is 14.3 Å². The van der Waals surface area contributed by atoms with Gasteiger partial charge >= 0.3 is 5.97 Å². The molecule has 0 amide bonds. The Labute approximate surface area is 189 Å². The number of pyridine rings is 1. The van der Waals surface area contributed by atoms with Gasteiger partial charge < -0.3 is 14.2 Å². The van der Waals surface area contributed by atoms with Gasteiger partial charge in [0.2, 0.25) is 0 Å². The molecule has 1 aliphatic heterocycles. The minimum absolute atomic E-state index is 0.0318. The first-order valence-electron chi connectivity index (χ1n) is 11.0. The number of rotatable bonds is 6. The summed E-state index contributed by atoms with van der Waals surface area (Å²) in [4.78, 5) is 18.6. The molecular weight excluding hydrogens is 404 g/mol. The number of hydrogen-bond donors (Lipinski definition) is 0. The van der Waals surface area contributed by atoms with Crippen LogP contribution in [-0.4, -0.2) is 47.7 Å². The van der Waals surface area contributed by atoms with E-state index in [0.717, 1.165) is 40.9 Å². The molecular formula is C26H30N2O4. The Morgan fingerprint density at radius 2 is 1.91 bits per heavy atom. The molecule has 1 atom stereocenters. The molecule has 32 heavy (non-hydrogen) atoms. The van der Waals surface area contributed by atoms with Gasteiger partial charge in [0.15, 0.2) is 5.75 Å². The Hall–Kier alpha value is -2.96. The minimum atomic E-state index is -0.448. The molecule has 1 aliphatic rings. The Morgan fingerprint density at radius 3 is 2.69 bits per heavy atom. The van der Waals surface area contributed by atoms with Gasteiger partial charge in [-0.25, -0.2) is 0 Å². The molecule has 168 valence electrons. The Balaban J connectivity index is 1.35. The third-order valence-electron chi connectivity index (χ3n) is 5.31. The van der Waals surface area contributed by atoms with E-state index in [1.165, 1.54) is 0 Å². The summed E-state index contributed by atoms with van der Waals surface area (Å²) in [5.41, 5.74) is 0.645. The molecule has 1 aromatic heterocycles. The lowest BCUT2D eigenvalue weighted by Gasteiger charge is -2.33. The highest BCUT2D eigenvalue weighted by atomic mass is 16.6. The average Bonchev–Trinajstić information content (AvgIpc) is 2.78. The third kappa shape index (κ3) is 5.84.